The molecule has 0 bridgehead atoms. The van der Waals surface area contributed by atoms with Crippen LogP contribution in [-0.2, 0) is 15.7 Å². The molecule has 0 fully saturated rings. The van der Waals surface area contributed by atoms with Crippen LogP contribution in [0.3, 0.4) is 0 Å². The number of ether oxygens (including phenoxy) is 1. The molecular weight excluding hydrogens is 317 g/mol. The van der Waals surface area contributed by atoms with Crippen LogP contribution in [0.4, 0.5) is 4.79 Å². The van der Waals surface area contributed by atoms with Crippen molar-refractivity contribution in [2.45, 2.75) is 45.8 Å². The Kier molecular flexibility index (Phi) is 6.57. The van der Waals surface area contributed by atoms with Gasteiger partial charge in [0.1, 0.15) is 5.60 Å². The van der Waals surface area contributed by atoms with E-state index in [2.05, 4.69) is 5.32 Å². The van der Waals surface area contributed by atoms with Crippen LogP contribution < -0.4 is 5.32 Å². The van der Waals surface area contributed by atoms with Gasteiger partial charge in [-0.3, -0.25) is 4.57 Å². The van der Waals surface area contributed by atoms with E-state index in [1.165, 1.54) is 13.0 Å². The van der Waals surface area contributed by atoms with E-state index in [0.717, 1.165) is 5.56 Å². The minimum atomic E-state index is -4.33. The van der Waals surface area contributed by atoms with E-state index in [1.807, 2.05) is 30.3 Å². The molecule has 0 saturated carbocycles. The van der Waals surface area contributed by atoms with Gasteiger partial charge >= 0.3 is 13.7 Å². The summed E-state index contributed by atoms with van der Waals surface area (Å²) in [4.78, 5) is 30.4. The summed E-state index contributed by atoms with van der Waals surface area (Å²) in [6.45, 7) is 6.58. The number of allylic oxidation sites excluding steroid dienone is 1. The van der Waals surface area contributed by atoms with Gasteiger partial charge in [0.15, 0.2) is 0 Å². The molecule has 0 heterocycles. The zero-order valence-corrected chi connectivity index (χ0v) is 14.7. The lowest BCUT2D eigenvalue weighted by molar-refractivity contribution is 0.0514. The molecule has 3 N–H and O–H groups in total. The maximum atomic E-state index is 11.9. The van der Waals surface area contributed by atoms with E-state index >= 15 is 0 Å². The Morgan fingerprint density at radius 3 is 2.35 bits per heavy atom. The third kappa shape index (κ3) is 7.98. The lowest BCUT2D eigenvalue weighted by Crippen LogP contribution is -2.39. The number of carbonyl (C=O) groups excluding carboxylic acids is 1. The second kappa shape index (κ2) is 7.77. The van der Waals surface area contributed by atoms with Gasteiger partial charge in [-0.2, -0.15) is 0 Å². The summed E-state index contributed by atoms with van der Waals surface area (Å²) in [5.74, 6) is 0. The van der Waals surface area contributed by atoms with Crippen molar-refractivity contribution in [2.75, 3.05) is 0 Å². The molecule has 0 aliphatic rings. The fourth-order valence-electron chi connectivity index (χ4n) is 1.87. The van der Waals surface area contributed by atoms with Crippen LogP contribution in [0.25, 0.3) is 0 Å². The van der Waals surface area contributed by atoms with E-state index in [-0.39, 0.29) is 5.31 Å². The highest BCUT2D eigenvalue weighted by molar-refractivity contribution is 7.56. The number of nitrogens with one attached hydrogen (secondary N) is 1. The lowest BCUT2D eigenvalue weighted by Gasteiger charge is -2.23. The number of hydrogen-bond acceptors (Lipinski definition) is 3. The summed E-state index contributed by atoms with van der Waals surface area (Å²) in [6.07, 6.45) is 1.14. The SMILES string of the molecule is C/C(=C\[C@H](Cc1ccccc1)NC(=O)OC(C)(C)C)P(=O)(O)O. The molecule has 0 unspecified atom stereocenters. The second-order valence-corrected chi connectivity index (χ2v) is 8.09. The third-order valence-corrected chi connectivity index (χ3v) is 3.97. The van der Waals surface area contributed by atoms with Crippen LogP contribution in [0.15, 0.2) is 41.7 Å². The molecule has 0 saturated heterocycles. The molecule has 1 rings (SSSR count). The van der Waals surface area contributed by atoms with Crippen molar-refractivity contribution in [3.8, 4) is 0 Å². The van der Waals surface area contributed by atoms with Gasteiger partial charge in [0.2, 0.25) is 0 Å². The quantitative estimate of drug-likeness (QED) is 0.715. The Hall–Kier alpha value is -1.62. The van der Waals surface area contributed by atoms with E-state index in [4.69, 9.17) is 4.74 Å². The molecule has 0 spiro atoms. The molecule has 7 heteroatoms. The Bertz CT molecular complexity index is 601. The third-order valence-electron chi connectivity index (χ3n) is 2.90. The number of carbonyl (C=O) groups is 1. The average molecular weight is 341 g/mol. The largest absolute Gasteiger partial charge is 0.444 e. The first-order valence-corrected chi connectivity index (χ1v) is 8.86. The van der Waals surface area contributed by atoms with Crippen molar-refractivity contribution < 1.29 is 23.9 Å². The van der Waals surface area contributed by atoms with E-state index in [9.17, 15) is 19.1 Å². The van der Waals surface area contributed by atoms with Crippen molar-refractivity contribution >= 4 is 13.7 Å². The number of benzene rings is 1. The van der Waals surface area contributed by atoms with Gasteiger partial charge < -0.3 is 19.8 Å². The van der Waals surface area contributed by atoms with Gasteiger partial charge in [-0.1, -0.05) is 36.4 Å². The first kappa shape index (κ1) is 19.4. The van der Waals surface area contributed by atoms with Gasteiger partial charge in [0.25, 0.3) is 0 Å². The van der Waals surface area contributed by atoms with Crippen LogP contribution in [0.2, 0.25) is 0 Å². The summed E-state index contributed by atoms with van der Waals surface area (Å²) < 4.78 is 16.5. The predicted molar refractivity (Wildman–Crippen MR) is 89.1 cm³/mol. The lowest BCUT2D eigenvalue weighted by atomic mass is 10.1. The molecule has 1 aromatic carbocycles. The Morgan fingerprint density at radius 1 is 1.30 bits per heavy atom. The minimum Gasteiger partial charge on any atom is -0.444 e. The Balaban J connectivity index is 2.93. The fraction of sp³-hybridized carbons (Fsp3) is 0.438. The van der Waals surface area contributed by atoms with Crippen LogP contribution in [0.5, 0.6) is 0 Å². The molecule has 0 aliphatic carbocycles. The second-order valence-electron chi connectivity index (χ2n) is 6.29. The number of alkyl carbamates (subject to hydrolysis) is 1. The molecule has 0 radical (unpaired) electrons. The number of hydrogen-bond donors (Lipinski definition) is 3. The van der Waals surface area contributed by atoms with Crippen LogP contribution in [0, 0.1) is 0 Å². The van der Waals surface area contributed by atoms with Crippen molar-refractivity contribution in [1.29, 1.82) is 0 Å². The highest BCUT2D eigenvalue weighted by atomic mass is 31.2. The topological polar surface area (TPSA) is 95.9 Å². The average Bonchev–Trinajstić information content (AvgIpc) is 2.36. The van der Waals surface area contributed by atoms with Crippen molar-refractivity contribution in [3.05, 3.63) is 47.3 Å². The molecule has 6 nitrogen and oxygen atoms in total. The highest BCUT2D eigenvalue weighted by Crippen LogP contribution is 2.44. The molecule has 1 amide bonds. The van der Waals surface area contributed by atoms with Gasteiger partial charge in [-0.15, -0.1) is 0 Å². The van der Waals surface area contributed by atoms with Crippen molar-refractivity contribution in [2.24, 2.45) is 0 Å². The van der Waals surface area contributed by atoms with Gasteiger partial charge in [0.05, 0.1) is 6.04 Å². The van der Waals surface area contributed by atoms with E-state index < -0.39 is 25.3 Å². The standard InChI is InChI=1S/C16H24NO5P/c1-12(23(19,20)21)10-14(11-13-8-6-5-7-9-13)17-15(18)22-16(2,3)4/h5-10,14H,11H2,1-4H3,(H,17,18)(H2,19,20,21)/b12-10+/t14-/m1/s1. The van der Waals surface area contributed by atoms with Crippen molar-refractivity contribution in [1.82, 2.24) is 5.32 Å². The Labute approximate surface area is 136 Å². The van der Waals surface area contributed by atoms with Gasteiger partial charge in [-0.05, 0) is 39.7 Å². The molecule has 0 aliphatic heterocycles. The maximum Gasteiger partial charge on any atom is 0.408 e. The monoisotopic (exact) mass is 341 g/mol. The van der Waals surface area contributed by atoms with E-state index in [1.54, 1.807) is 20.8 Å². The molecular formula is C16H24NO5P. The van der Waals surface area contributed by atoms with Crippen LogP contribution >= 0.6 is 7.60 Å². The summed E-state index contributed by atoms with van der Waals surface area (Å²) in [7, 11) is -4.33. The van der Waals surface area contributed by atoms with Gasteiger partial charge in [0, 0.05) is 5.31 Å². The summed E-state index contributed by atoms with van der Waals surface area (Å²) in [5, 5.41) is 2.56. The summed E-state index contributed by atoms with van der Waals surface area (Å²) in [5.41, 5.74) is 0.284. The van der Waals surface area contributed by atoms with E-state index in [0.29, 0.717) is 6.42 Å². The number of rotatable bonds is 5. The number of amides is 1. The first-order chi connectivity index (χ1) is 10.5. The van der Waals surface area contributed by atoms with Crippen LogP contribution in [-0.4, -0.2) is 27.5 Å². The van der Waals surface area contributed by atoms with Gasteiger partial charge in [-0.25, -0.2) is 4.79 Å². The Morgan fingerprint density at radius 2 is 1.87 bits per heavy atom. The minimum absolute atomic E-state index is 0.0884. The van der Waals surface area contributed by atoms with Crippen LogP contribution in [0.1, 0.15) is 33.3 Å². The first-order valence-electron chi connectivity index (χ1n) is 7.25. The smallest absolute Gasteiger partial charge is 0.408 e. The highest BCUT2D eigenvalue weighted by Gasteiger charge is 2.22. The molecule has 1 aromatic rings. The maximum absolute atomic E-state index is 11.9. The predicted octanol–water partition coefficient (Wildman–Crippen LogP) is 3.20. The molecule has 0 aromatic heterocycles. The summed E-state index contributed by atoms with van der Waals surface area (Å²) >= 11 is 0. The summed E-state index contributed by atoms with van der Waals surface area (Å²) in [6, 6.07) is 8.77. The molecule has 1 atom stereocenters. The normalized spacial score (nSPS) is 14.3. The molecule has 23 heavy (non-hydrogen) atoms. The zero-order chi connectivity index (χ0) is 17.7. The molecule has 128 valence electrons. The van der Waals surface area contributed by atoms with Crippen molar-refractivity contribution in [3.63, 3.8) is 0 Å². The zero-order valence-electron chi connectivity index (χ0n) is 13.8. The fourth-order valence-corrected chi connectivity index (χ4v) is 2.24.